The highest BCUT2D eigenvalue weighted by Crippen LogP contribution is 2.56. The summed E-state index contributed by atoms with van der Waals surface area (Å²) < 4.78 is 11.4. The van der Waals surface area contributed by atoms with Gasteiger partial charge >= 0.3 is 5.97 Å². The van der Waals surface area contributed by atoms with Crippen LogP contribution < -0.4 is 9.64 Å². The van der Waals surface area contributed by atoms with E-state index in [-0.39, 0.29) is 29.3 Å². The fourth-order valence-corrected chi connectivity index (χ4v) is 6.61. The van der Waals surface area contributed by atoms with Crippen molar-refractivity contribution in [1.29, 1.82) is 0 Å². The number of para-hydroxylation sites is 2. The highest BCUT2D eigenvalue weighted by Gasteiger charge is 2.59. The van der Waals surface area contributed by atoms with Crippen molar-refractivity contribution in [3.05, 3.63) is 35.9 Å². The smallest absolute Gasteiger partial charge is 0.311 e. The molecule has 32 heavy (non-hydrogen) atoms. The first-order chi connectivity index (χ1) is 15.4. The van der Waals surface area contributed by atoms with E-state index < -0.39 is 6.10 Å². The van der Waals surface area contributed by atoms with Crippen LogP contribution in [0, 0.1) is 23.2 Å². The number of benzene rings is 1. The van der Waals surface area contributed by atoms with Crippen LogP contribution in [-0.2, 0) is 9.53 Å². The lowest BCUT2D eigenvalue weighted by Crippen LogP contribution is -2.55. The lowest BCUT2D eigenvalue weighted by atomic mass is 9.55. The second-order valence-electron chi connectivity index (χ2n) is 10.3. The molecule has 2 aliphatic heterocycles. The first-order valence-corrected chi connectivity index (χ1v) is 12.1. The van der Waals surface area contributed by atoms with Crippen LogP contribution in [0.25, 0.3) is 0 Å². The molecule has 0 spiro atoms. The predicted molar refractivity (Wildman–Crippen MR) is 124 cm³/mol. The molecule has 0 radical (unpaired) electrons. The van der Waals surface area contributed by atoms with Crippen LogP contribution in [0.2, 0.25) is 0 Å². The van der Waals surface area contributed by atoms with Crippen molar-refractivity contribution in [3.63, 3.8) is 0 Å². The Morgan fingerprint density at radius 1 is 1.22 bits per heavy atom. The Kier molecular flexibility index (Phi) is 5.70. The van der Waals surface area contributed by atoms with E-state index in [9.17, 15) is 9.90 Å². The molecule has 4 aliphatic rings. The van der Waals surface area contributed by atoms with Gasteiger partial charge in [0.1, 0.15) is 11.9 Å². The summed E-state index contributed by atoms with van der Waals surface area (Å²) >= 11 is 0. The van der Waals surface area contributed by atoms with Crippen LogP contribution in [-0.4, -0.2) is 68.0 Å². The first kappa shape index (κ1) is 21.8. The van der Waals surface area contributed by atoms with E-state index in [1.54, 1.807) is 7.11 Å². The topological polar surface area (TPSA) is 62.2 Å². The summed E-state index contributed by atoms with van der Waals surface area (Å²) in [6.45, 7) is 8.67. The van der Waals surface area contributed by atoms with Crippen molar-refractivity contribution in [2.45, 2.75) is 45.3 Å². The number of hydrogen-bond donors (Lipinski definition) is 1. The minimum Gasteiger partial charge on any atom is -0.495 e. The standard InChI is InChI=1S/C26H36N2O4/c1-17-7-6-8-18-15-22-23(24(29)26(17,18)2)19(25(30)32-22)16-27-11-13-28(14-12-27)20-9-4-5-10-21(20)31-3/h4-5,8-10,17,19,22-24,29H,6-7,11-16H2,1-3H3/t17-,19+,22-,23-,24-,26-/m1/s1. The Morgan fingerprint density at radius 3 is 2.72 bits per heavy atom. The van der Waals surface area contributed by atoms with Gasteiger partial charge in [-0.15, -0.1) is 0 Å². The van der Waals surface area contributed by atoms with Crippen molar-refractivity contribution in [3.8, 4) is 5.75 Å². The van der Waals surface area contributed by atoms with Gasteiger partial charge in [-0.3, -0.25) is 9.69 Å². The number of methoxy groups -OCH3 is 1. The molecule has 3 fully saturated rings. The van der Waals surface area contributed by atoms with Gasteiger partial charge in [0.2, 0.25) is 0 Å². The molecule has 2 heterocycles. The molecule has 6 atom stereocenters. The molecule has 0 aromatic heterocycles. The van der Waals surface area contributed by atoms with Gasteiger partial charge in [-0.25, -0.2) is 0 Å². The van der Waals surface area contributed by atoms with E-state index >= 15 is 0 Å². The summed E-state index contributed by atoms with van der Waals surface area (Å²) in [6.07, 6.45) is 4.52. The number of nitrogens with zero attached hydrogens (tertiary/aromatic N) is 2. The summed E-state index contributed by atoms with van der Waals surface area (Å²) in [5.41, 5.74) is 2.17. The van der Waals surface area contributed by atoms with E-state index in [0.29, 0.717) is 12.5 Å². The third kappa shape index (κ3) is 3.43. The minimum atomic E-state index is -0.533. The Morgan fingerprint density at radius 2 is 1.97 bits per heavy atom. The van der Waals surface area contributed by atoms with E-state index in [1.165, 1.54) is 5.57 Å². The van der Waals surface area contributed by atoms with Gasteiger partial charge in [0.15, 0.2) is 0 Å². The summed E-state index contributed by atoms with van der Waals surface area (Å²) in [5, 5.41) is 11.6. The van der Waals surface area contributed by atoms with Crippen LogP contribution in [0.4, 0.5) is 5.69 Å². The molecule has 1 aromatic rings. The third-order valence-corrected chi connectivity index (χ3v) is 8.82. The summed E-state index contributed by atoms with van der Waals surface area (Å²) in [5.74, 6) is 0.825. The maximum absolute atomic E-state index is 12.9. The first-order valence-electron chi connectivity index (χ1n) is 12.1. The van der Waals surface area contributed by atoms with Gasteiger partial charge in [-0.1, -0.05) is 37.6 Å². The lowest BCUT2D eigenvalue weighted by molar-refractivity contribution is -0.145. The SMILES string of the molecule is COc1ccccc1N1CCN(C[C@@H]2C(=O)O[C@@H]3CC4=CCC[C@@H](C)[C@@]4(C)[C@H](O)[C@H]23)CC1. The van der Waals surface area contributed by atoms with Crippen LogP contribution in [0.15, 0.2) is 35.9 Å². The second kappa shape index (κ2) is 8.38. The number of ether oxygens (including phenoxy) is 2. The van der Waals surface area contributed by atoms with Crippen molar-refractivity contribution < 1.29 is 19.4 Å². The van der Waals surface area contributed by atoms with E-state index in [4.69, 9.17) is 9.47 Å². The van der Waals surface area contributed by atoms with Crippen LogP contribution in [0.5, 0.6) is 5.75 Å². The molecular weight excluding hydrogens is 404 g/mol. The number of rotatable bonds is 4. The van der Waals surface area contributed by atoms with Crippen molar-refractivity contribution in [2.75, 3.05) is 44.7 Å². The maximum Gasteiger partial charge on any atom is 0.311 e. The number of piperazine rings is 1. The zero-order valence-corrected chi connectivity index (χ0v) is 19.5. The van der Waals surface area contributed by atoms with Gasteiger partial charge in [0.25, 0.3) is 0 Å². The number of aliphatic hydroxyl groups is 1. The number of hydrogen-bond acceptors (Lipinski definition) is 6. The molecule has 1 saturated carbocycles. The van der Waals surface area contributed by atoms with Gasteiger partial charge < -0.3 is 19.5 Å². The van der Waals surface area contributed by atoms with Crippen LogP contribution in [0.1, 0.15) is 33.1 Å². The Labute approximate surface area is 191 Å². The molecule has 0 amide bonds. The second-order valence-corrected chi connectivity index (χ2v) is 10.3. The molecular formula is C26H36N2O4. The Hall–Kier alpha value is -2.05. The lowest BCUT2D eigenvalue weighted by Gasteiger charge is -2.52. The largest absolute Gasteiger partial charge is 0.495 e. The van der Waals surface area contributed by atoms with Gasteiger partial charge in [-0.2, -0.15) is 0 Å². The quantitative estimate of drug-likeness (QED) is 0.574. The zero-order valence-electron chi connectivity index (χ0n) is 19.5. The van der Waals surface area contributed by atoms with E-state index in [2.05, 4.69) is 35.8 Å². The average Bonchev–Trinajstić information content (AvgIpc) is 3.11. The van der Waals surface area contributed by atoms with Crippen molar-refractivity contribution >= 4 is 11.7 Å². The number of aliphatic hydroxyl groups excluding tert-OH is 1. The number of esters is 1. The van der Waals surface area contributed by atoms with Gasteiger partial charge in [-0.05, 0) is 30.9 Å². The molecule has 0 unspecified atom stereocenters. The fraction of sp³-hybridized carbons (Fsp3) is 0.654. The number of carbonyl (C=O) groups excluding carboxylic acids is 1. The summed E-state index contributed by atoms with van der Waals surface area (Å²) in [7, 11) is 1.71. The number of allylic oxidation sites excluding steroid dienone is 1. The predicted octanol–water partition coefficient (Wildman–Crippen LogP) is 3.10. The van der Waals surface area contributed by atoms with E-state index in [1.807, 2.05) is 18.2 Å². The van der Waals surface area contributed by atoms with Crippen LogP contribution in [0.3, 0.4) is 0 Å². The molecule has 1 N–H and O–H groups in total. The number of anilines is 1. The summed E-state index contributed by atoms with van der Waals surface area (Å²) in [4.78, 5) is 17.6. The molecule has 2 aliphatic carbocycles. The fourth-order valence-electron chi connectivity index (χ4n) is 6.61. The molecule has 2 saturated heterocycles. The van der Waals surface area contributed by atoms with Crippen LogP contribution >= 0.6 is 0 Å². The van der Waals surface area contributed by atoms with Gasteiger partial charge in [0.05, 0.1) is 24.8 Å². The monoisotopic (exact) mass is 440 g/mol. The highest BCUT2D eigenvalue weighted by molar-refractivity contribution is 5.76. The molecule has 5 rings (SSSR count). The highest BCUT2D eigenvalue weighted by atomic mass is 16.6. The molecule has 1 aromatic carbocycles. The zero-order chi connectivity index (χ0) is 22.5. The minimum absolute atomic E-state index is 0.113. The number of fused-ring (bicyclic) bond motifs is 2. The van der Waals surface area contributed by atoms with E-state index in [0.717, 1.165) is 56.9 Å². The number of carbonyl (C=O) groups is 1. The molecule has 0 bridgehead atoms. The van der Waals surface area contributed by atoms with Gasteiger partial charge in [0, 0.05) is 50.5 Å². The molecule has 6 nitrogen and oxygen atoms in total. The third-order valence-electron chi connectivity index (χ3n) is 8.82. The van der Waals surface area contributed by atoms with Crippen molar-refractivity contribution in [2.24, 2.45) is 23.2 Å². The molecule has 174 valence electrons. The maximum atomic E-state index is 12.9. The Balaban J connectivity index is 1.28. The normalized spacial score (nSPS) is 37.4. The Bertz CT molecular complexity index is 894. The summed E-state index contributed by atoms with van der Waals surface area (Å²) in [6, 6.07) is 8.13. The average molecular weight is 441 g/mol. The molecule has 6 heteroatoms. The van der Waals surface area contributed by atoms with Crippen molar-refractivity contribution in [1.82, 2.24) is 4.90 Å².